The number of hydrogen-bond acceptors (Lipinski definition) is 9. The van der Waals surface area contributed by atoms with Crippen LogP contribution in [0.15, 0.2) is 54.6 Å². The number of amides is 1. The minimum atomic E-state index is -0.278. The normalized spacial score (nSPS) is 12.9. The molecule has 38 heavy (non-hydrogen) atoms. The molecule has 3 N–H and O–H groups in total. The SMILES string of the molecule is O=C(NCCOCCOCCNc1nc(NCc2cccc(F)c2)nc(N2CCCC2)n1)c1ccccc1. The summed E-state index contributed by atoms with van der Waals surface area (Å²) in [6.07, 6.45) is 2.21. The molecule has 1 saturated heterocycles. The van der Waals surface area contributed by atoms with Crippen LogP contribution in [0.4, 0.5) is 22.2 Å². The summed E-state index contributed by atoms with van der Waals surface area (Å²) in [5.41, 5.74) is 1.43. The molecule has 10 nitrogen and oxygen atoms in total. The number of ether oxygens (including phenoxy) is 2. The highest BCUT2D eigenvalue weighted by Crippen LogP contribution is 2.19. The van der Waals surface area contributed by atoms with Crippen molar-refractivity contribution in [1.82, 2.24) is 20.3 Å². The van der Waals surface area contributed by atoms with Crippen LogP contribution in [0.3, 0.4) is 0 Å². The predicted molar refractivity (Wildman–Crippen MR) is 144 cm³/mol. The number of nitrogens with one attached hydrogen (secondary N) is 3. The van der Waals surface area contributed by atoms with Crippen LogP contribution in [0.1, 0.15) is 28.8 Å². The fraction of sp³-hybridized carbons (Fsp3) is 0.407. The number of hydrogen-bond donors (Lipinski definition) is 3. The summed E-state index contributed by atoms with van der Waals surface area (Å²) in [5, 5.41) is 9.19. The van der Waals surface area contributed by atoms with Crippen LogP contribution in [0.5, 0.6) is 0 Å². The maximum Gasteiger partial charge on any atom is 0.251 e. The summed E-state index contributed by atoms with van der Waals surface area (Å²) < 4.78 is 24.6. The van der Waals surface area contributed by atoms with Crippen LogP contribution in [0.25, 0.3) is 0 Å². The second-order valence-electron chi connectivity index (χ2n) is 8.73. The molecule has 11 heteroatoms. The third-order valence-electron chi connectivity index (χ3n) is 5.82. The molecular weight excluding hydrogens is 489 g/mol. The van der Waals surface area contributed by atoms with Crippen molar-refractivity contribution in [2.75, 3.05) is 68.1 Å². The Balaban J connectivity index is 1.14. The van der Waals surface area contributed by atoms with Crippen molar-refractivity contribution in [2.24, 2.45) is 0 Å². The van der Waals surface area contributed by atoms with Gasteiger partial charge in [-0.15, -0.1) is 0 Å². The number of benzene rings is 2. The molecule has 2 aromatic carbocycles. The number of carbonyl (C=O) groups excluding carboxylic acids is 1. The molecule has 0 aliphatic carbocycles. The number of nitrogens with zero attached hydrogens (tertiary/aromatic N) is 4. The standard InChI is InChI=1S/C27H34FN7O3/c28-23-10-6-7-21(19-23)20-31-26-32-25(33-27(34-26)35-13-4-5-14-35)30-12-16-38-18-17-37-15-11-29-24(36)22-8-2-1-3-9-22/h1-3,6-10,19H,4-5,11-18,20H2,(H,29,36)(H2,30,31,32,33,34). The maximum atomic E-state index is 13.5. The Morgan fingerprint density at radius 1 is 0.842 bits per heavy atom. The highest BCUT2D eigenvalue weighted by molar-refractivity contribution is 5.94. The van der Waals surface area contributed by atoms with Gasteiger partial charge in [0, 0.05) is 38.3 Å². The first-order valence-electron chi connectivity index (χ1n) is 12.9. The van der Waals surface area contributed by atoms with Gasteiger partial charge in [-0.2, -0.15) is 15.0 Å². The lowest BCUT2D eigenvalue weighted by molar-refractivity contribution is 0.0519. The second-order valence-corrected chi connectivity index (χ2v) is 8.73. The Kier molecular flexibility index (Phi) is 10.6. The van der Waals surface area contributed by atoms with Crippen LogP contribution in [-0.2, 0) is 16.0 Å². The monoisotopic (exact) mass is 523 g/mol. The van der Waals surface area contributed by atoms with Crippen molar-refractivity contribution < 1.29 is 18.7 Å². The van der Waals surface area contributed by atoms with E-state index in [1.165, 1.54) is 12.1 Å². The summed E-state index contributed by atoms with van der Waals surface area (Å²) >= 11 is 0. The summed E-state index contributed by atoms with van der Waals surface area (Å²) in [7, 11) is 0. The third-order valence-corrected chi connectivity index (χ3v) is 5.82. The maximum absolute atomic E-state index is 13.5. The van der Waals surface area contributed by atoms with Crippen molar-refractivity contribution in [3.8, 4) is 0 Å². The average molecular weight is 524 g/mol. The zero-order valence-electron chi connectivity index (χ0n) is 21.4. The Labute approximate surface area is 222 Å². The van der Waals surface area contributed by atoms with Gasteiger partial charge in [0.05, 0.1) is 26.4 Å². The zero-order chi connectivity index (χ0) is 26.4. The van der Waals surface area contributed by atoms with E-state index in [0.29, 0.717) is 69.5 Å². The van der Waals surface area contributed by atoms with Gasteiger partial charge in [0.15, 0.2) is 0 Å². The molecule has 0 atom stereocenters. The van der Waals surface area contributed by atoms with Crippen LogP contribution >= 0.6 is 0 Å². The molecule has 1 amide bonds. The zero-order valence-corrected chi connectivity index (χ0v) is 21.4. The highest BCUT2D eigenvalue weighted by Gasteiger charge is 2.17. The van der Waals surface area contributed by atoms with E-state index in [9.17, 15) is 9.18 Å². The lowest BCUT2D eigenvalue weighted by Crippen LogP contribution is -2.27. The second kappa shape index (κ2) is 14.8. The number of anilines is 3. The van der Waals surface area contributed by atoms with Crippen LogP contribution in [-0.4, -0.2) is 73.5 Å². The molecule has 2 heterocycles. The van der Waals surface area contributed by atoms with E-state index in [4.69, 9.17) is 9.47 Å². The Hall–Kier alpha value is -3.83. The molecule has 0 saturated carbocycles. The quantitative estimate of drug-likeness (QED) is 0.259. The van der Waals surface area contributed by atoms with Crippen molar-refractivity contribution in [2.45, 2.75) is 19.4 Å². The van der Waals surface area contributed by atoms with E-state index in [1.807, 2.05) is 24.3 Å². The average Bonchev–Trinajstić information content (AvgIpc) is 3.49. The predicted octanol–water partition coefficient (Wildman–Crippen LogP) is 3.10. The molecule has 0 bridgehead atoms. The smallest absolute Gasteiger partial charge is 0.251 e. The van der Waals surface area contributed by atoms with E-state index >= 15 is 0 Å². The van der Waals surface area contributed by atoms with Gasteiger partial charge in [-0.05, 0) is 42.7 Å². The third kappa shape index (κ3) is 8.93. The largest absolute Gasteiger partial charge is 0.377 e. The molecule has 0 radical (unpaired) electrons. The van der Waals surface area contributed by atoms with Gasteiger partial charge in [-0.1, -0.05) is 30.3 Å². The molecule has 1 fully saturated rings. The Morgan fingerprint density at radius 3 is 2.29 bits per heavy atom. The first-order chi connectivity index (χ1) is 18.7. The fourth-order valence-corrected chi connectivity index (χ4v) is 3.89. The molecule has 3 aromatic rings. The van der Waals surface area contributed by atoms with E-state index in [2.05, 4.69) is 35.8 Å². The van der Waals surface area contributed by atoms with Crippen LogP contribution < -0.4 is 20.9 Å². The van der Waals surface area contributed by atoms with Crippen molar-refractivity contribution in [3.05, 3.63) is 71.5 Å². The van der Waals surface area contributed by atoms with Gasteiger partial charge >= 0.3 is 0 Å². The van der Waals surface area contributed by atoms with E-state index in [0.717, 1.165) is 31.5 Å². The molecule has 0 unspecified atom stereocenters. The fourth-order valence-electron chi connectivity index (χ4n) is 3.89. The minimum absolute atomic E-state index is 0.116. The lowest BCUT2D eigenvalue weighted by Gasteiger charge is -2.17. The number of rotatable bonds is 15. The lowest BCUT2D eigenvalue weighted by atomic mass is 10.2. The first-order valence-corrected chi connectivity index (χ1v) is 12.9. The number of aromatic nitrogens is 3. The van der Waals surface area contributed by atoms with Crippen molar-refractivity contribution >= 4 is 23.8 Å². The van der Waals surface area contributed by atoms with Gasteiger partial charge in [-0.3, -0.25) is 4.79 Å². The molecule has 1 aliphatic rings. The van der Waals surface area contributed by atoms with Crippen LogP contribution in [0, 0.1) is 5.82 Å². The first kappa shape index (κ1) is 27.2. The minimum Gasteiger partial charge on any atom is -0.377 e. The van der Waals surface area contributed by atoms with E-state index in [-0.39, 0.29) is 11.7 Å². The number of carbonyl (C=O) groups is 1. The summed E-state index contributed by atoms with van der Waals surface area (Å²) in [6, 6.07) is 15.5. The number of halogens is 1. The van der Waals surface area contributed by atoms with Crippen LogP contribution in [0.2, 0.25) is 0 Å². The van der Waals surface area contributed by atoms with Gasteiger partial charge in [0.25, 0.3) is 5.91 Å². The van der Waals surface area contributed by atoms with Gasteiger partial charge in [-0.25, -0.2) is 4.39 Å². The molecular formula is C27H34FN7O3. The molecule has 1 aliphatic heterocycles. The molecule has 0 spiro atoms. The topological polar surface area (TPSA) is 114 Å². The molecule has 1 aromatic heterocycles. The summed E-state index contributed by atoms with van der Waals surface area (Å²) in [6.45, 7) is 4.90. The van der Waals surface area contributed by atoms with Crippen molar-refractivity contribution in [3.63, 3.8) is 0 Å². The Bertz CT molecular complexity index is 1150. The molecule has 4 rings (SSSR count). The molecule has 202 valence electrons. The van der Waals surface area contributed by atoms with Gasteiger partial charge < -0.3 is 30.3 Å². The summed E-state index contributed by atoms with van der Waals surface area (Å²) in [4.78, 5) is 27.7. The Morgan fingerprint density at radius 2 is 1.55 bits per heavy atom. The van der Waals surface area contributed by atoms with Gasteiger partial charge in [0.1, 0.15) is 5.82 Å². The van der Waals surface area contributed by atoms with E-state index in [1.54, 1.807) is 18.2 Å². The van der Waals surface area contributed by atoms with Crippen molar-refractivity contribution in [1.29, 1.82) is 0 Å². The summed E-state index contributed by atoms with van der Waals surface area (Å²) in [5.74, 6) is 1.12. The van der Waals surface area contributed by atoms with Gasteiger partial charge in [0.2, 0.25) is 17.8 Å². The van der Waals surface area contributed by atoms with E-state index < -0.39 is 0 Å². The highest BCUT2D eigenvalue weighted by atomic mass is 19.1.